The van der Waals surface area contributed by atoms with Gasteiger partial charge in [0.25, 0.3) is 0 Å². The average molecular weight is 347 g/mol. The molecule has 0 aliphatic rings. The summed E-state index contributed by atoms with van der Waals surface area (Å²) in [5.74, 6) is 0.897. The van der Waals surface area contributed by atoms with E-state index in [2.05, 4.69) is 20.9 Å². The molecule has 100 valence electrons. The van der Waals surface area contributed by atoms with Crippen LogP contribution in [0.5, 0.6) is 0 Å². The highest BCUT2D eigenvalue weighted by Gasteiger charge is 2.14. The molecule has 5 heteroatoms. The predicted octanol–water partition coefficient (Wildman–Crippen LogP) is 4.26. The Balaban J connectivity index is 1.88. The molecular formula is C15H11BrN2OS. The van der Waals surface area contributed by atoms with Gasteiger partial charge in [-0.1, -0.05) is 30.3 Å². The number of thiophene rings is 1. The molecular weight excluding hydrogens is 336 g/mol. The van der Waals surface area contributed by atoms with Gasteiger partial charge in [0.15, 0.2) is 5.78 Å². The van der Waals surface area contributed by atoms with E-state index in [-0.39, 0.29) is 5.78 Å². The van der Waals surface area contributed by atoms with Crippen molar-refractivity contribution in [3.63, 3.8) is 0 Å². The molecule has 0 fully saturated rings. The molecule has 0 bridgehead atoms. The normalized spacial score (nSPS) is 10.7. The summed E-state index contributed by atoms with van der Waals surface area (Å²) in [6, 6.07) is 11.8. The molecule has 3 nitrogen and oxygen atoms in total. The molecule has 0 atom stereocenters. The SMILES string of the molecule is O=C(Cn1ccnc1-c1ccccc1)c1sccc1Br. The lowest BCUT2D eigenvalue weighted by atomic mass is 10.2. The lowest BCUT2D eigenvalue weighted by Crippen LogP contribution is -2.10. The van der Waals surface area contributed by atoms with Gasteiger partial charge in [0.1, 0.15) is 5.82 Å². The lowest BCUT2D eigenvalue weighted by Gasteiger charge is -2.06. The monoisotopic (exact) mass is 346 g/mol. The molecule has 0 aliphatic carbocycles. The van der Waals surface area contributed by atoms with Gasteiger partial charge in [0.05, 0.1) is 11.4 Å². The summed E-state index contributed by atoms with van der Waals surface area (Å²) in [6.07, 6.45) is 3.56. The number of Topliss-reactive ketones (excluding diaryl/α,β-unsaturated/α-hetero) is 1. The number of halogens is 1. The van der Waals surface area contributed by atoms with Gasteiger partial charge in [-0.15, -0.1) is 11.3 Å². The van der Waals surface area contributed by atoms with Crippen molar-refractivity contribution < 1.29 is 4.79 Å². The van der Waals surface area contributed by atoms with E-state index in [1.165, 1.54) is 11.3 Å². The van der Waals surface area contributed by atoms with Gasteiger partial charge in [-0.05, 0) is 27.4 Å². The van der Waals surface area contributed by atoms with Crippen LogP contribution < -0.4 is 0 Å². The van der Waals surface area contributed by atoms with E-state index in [0.29, 0.717) is 6.54 Å². The fraction of sp³-hybridized carbons (Fsp3) is 0.0667. The summed E-state index contributed by atoms with van der Waals surface area (Å²) in [4.78, 5) is 17.4. The fourth-order valence-electron chi connectivity index (χ4n) is 2.00. The van der Waals surface area contributed by atoms with Crippen LogP contribution in [-0.4, -0.2) is 15.3 Å². The second-order valence-electron chi connectivity index (χ2n) is 4.27. The van der Waals surface area contributed by atoms with Gasteiger partial charge in [0, 0.05) is 22.4 Å². The van der Waals surface area contributed by atoms with E-state index in [0.717, 1.165) is 20.7 Å². The lowest BCUT2D eigenvalue weighted by molar-refractivity contribution is 0.0976. The number of benzene rings is 1. The van der Waals surface area contributed by atoms with E-state index in [1.54, 1.807) is 6.20 Å². The fourth-order valence-corrected chi connectivity index (χ4v) is 3.53. The maximum absolute atomic E-state index is 12.3. The smallest absolute Gasteiger partial charge is 0.193 e. The number of imidazole rings is 1. The first kappa shape index (κ1) is 13.3. The third kappa shape index (κ3) is 2.59. The van der Waals surface area contributed by atoms with Crippen LogP contribution in [0.4, 0.5) is 0 Å². The minimum Gasteiger partial charge on any atom is -0.323 e. The molecule has 0 spiro atoms. The first-order chi connectivity index (χ1) is 9.75. The summed E-state index contributed by atoms with van der Waals surface area (Å²) in [5, 5.41) is 1.91. The van der Waals surface area contributed by atoms with Crippen molar-refractivity contribution in [1.29, 1.82) is 0 Å². The zero-order valence-corrected chi connectivity index (χ0v) is 12.9. The predicted molar refractivity (Wildman–Crippen MR) is 84.0 cm³/mol. The second kappa shape index (κ2) is 5.73. The Bertz CT molecular complexity index is 733. The highest BCUT2D eigenvalue weighted by atomic mass is 79.9. The zero-order chi connectivity index (χ0) is 13.9. The number of aromatic nitrogens is 2. The van der Waals surface area contributed by atoms with E-state index in [9.17, 15) is 4.79 Å². The first-order valence-electron chi connectivity index (χ1n) is 6.08. The van der Waals surface area contributed by atoms with Crippen LogP contribution in [0.2, 0.25) is 0 Å². The van der Waals surface area contributed by atoms with Gasteiger partial charge < -0.3 is 4.57 Å². The van der Waals surface area contributed by atoms with Crippen molar-refractivity contribution >= 4 is 33.0 Å². The number of rotatable bonds is 4. The maximum atomic E-state index is 12.3. The largest absolute Gasteiger partial charge is 0.323 e. The van der Waals surface area contributed by atoms with Crippen LogP contribution in [0, 0.1) is 0 Å². The molecule has 3 aromatic rings. The maximum Gasteiger partial charge on any atom is 0.193 e. The van der Waals surface area contributed by atoms with E-state index in [1.807, 2.05) is 52.5 Å². The van der Waals surface area contributed by atoms with E-state index < -0.39 is 0 Å². The highest BCUT2D eigenvalue weighted by molar-refractivity contribution is 9.10. The Morgan fingerprint density at radius 3 is 2.75 bits per heavy atom. The van der Waals surface area contributed by atoms with Crippen LogP contribution in [-0.2, 0) is 6.54 Å². The Hall–Kier alpha value is -1.72. The number of ketones is 1. The number of carbonyl (C=O) groups is 1. The van der Waals surface area contributed by atoms with Crippen molar-refractivity contribution in [2.45, 2.75) is 6.54 Å². The molecule has 3 rings (SSSR count). The Kier molecular flexibility index (Phi) is 3.80. The number of hydrogen-bond donors (Lipinski definition) is 0. The molecule has 0 N–H and O–H groups in total. The van der Waals surface area contributed by atoms with Gasteiger partial charge in [-0.25, -0.2) is 4.98 Å². The molecule has 2 aromatic heterocycles. The van der Waals surface area contributed by atoms with Crippen LogP contribution in [0.1, 0.15) is 9.67 Å². The van der Waals surface area contributed by atoms with Crippen molar-refractivity contribution in [2.24, 2.45) is 0 Å². The minimum atomic E-state index is 0.0852. The quantitative estimate of drug-likeness (QED) is 0.661. The Labute approximate surface area is 129 Å². The average Bonchev–Trinajstić information content (AvgIpc) is 3.08. The third-order valence-electron chi connectivity index (χ3n) is 2.93. The van der Waals surface area contributed by atoms with Gasteiger partial charge in [-0.3, -0.25) is 4.79 Å². The summed E-state index contributed by atoms with van der Waals surface area (Å²) in [5.41, 5.74) is 1.01. The summed E-state index contributed by atoms with van der Waals surface area (Å²) in [6.45, 7) is 0.295. The second-order valence-corrected chi connectivity index (χ2v) is 6.04. The Morgan fingerprint density at radius 2 is 2.05 bits per heavy atom. The van der Waals surface area contributed by atoms with Crippen LogP contribution in [0.3, 0.4) is 0 Å². The first-order valence-corrected chi connectivity index (χ1v) is 7.76. The number of carbonyl (C=O) groups excluding carboxylic acids is 1. The topological polar surface area (TPSA) is 34.9 Å². The molecule has 20 heavy (non-hydrogen) atoms. The number of hydrogen-bond acceptors (Lipinski definition) is 3. The zero-order valence-electron chi connectivity index (χ0n) is 10.5. The molecule has 1 aromatic carbocycles. The van der Waals surface area contributed by atoms with Crippen molar-refractivity contribution in [3.8, 4) is 11.4 Å². The van der Waals surface area contributed by atoms with Crippen molar-refractivity contribution in [3.05, 3.63) is 63.5 Å². The summed E-state index contributed by atoms with van der Waals surface area (Å²) in [7, 11) is 0. The van der Waals surface area contributed by atoms with Crippen molar-refractivity contribution in [2.75, 3.05) is 0 Å². The molecule has 0 aliphatic heterocycles. The highest BCUT2D eigenvalue weighted by Crippen LogP contribution is 2.24. The molecule has 0 saturated carbocycles. The third-order valence-corrected chi connectivity index (χ3v) is 4.81. The van der Waals surface area contributed by atoms with Gasteiger partial charge in [0.2, 0.25) is 0 Å². The summed E-state index contributed by atoms with van der Waals surface area (Å²) < 4.78 is 2.73. The van der Waals surface area contributed by atoms with Crippen LogP contribution in [0.15, 0.2) is 58.6 Å². The Morgan fingerprint density at radius 1 is 1.25 bits per heavy atom. The standard InChI is InChI=1S/C15H11BrN2OS/c16-12-6-9-20-14(12)13(19)10-18-8-7-17-15(18)11-4-2-1-3-5-11/h1-9H,10H2. The summed E-state index contributed by atoms with van der Waals surface area (Å²) >= 11 is 4.85. The molecule has 2 heterocycles. The number of nitrogens with zero attached hydrogens (tertiary/aromatic N) is 2. The van der Waals surface area contributed by atoms with Crippen LogP contribution >= 0.6 is 27.3 Å². The molecule has 0 saturated heterocycles. The van der Waals surface area contributed by atoms with Gasteiger partial charge >= 0.3 is 0 Å². The van der Waals surface area contributed by atoms with Gasteiger partial charge in [-0.2, -0.15) is 0 Å². The van der Waals surface area contributed by atoms with E-state index in [4.69, 9.17) is 0 Å². The van der Waals surface area contributed by atoms with Crippen LogP contribution in [0.25, 0.3) is 11.4 Å². The molecule has 0 unspecified atom stereocenters. The minimum absolute atomic E-state index is 0.0852. The molecule has 0 amide bonds. The van der Waals surface area contributed by atoms with E-state index >= 15 is 0 Å². The van der Waals surface area contributed by atoms with Crippen molar-refractivity contribution in [1.82, 2.24) is 9.55 Å². The molecule has 0 radical (unpaired) electrons.